The largest absolute Gasteiger partial charge is 0.433 e. The molecule has 0 amide bonds. The highest BCUT2D eigenvalue weighted by Crippen LogP contribution is 2.30. The molecule has 182 valence electrons. The Morgan fingerprint density at radius 2 is 1.88 bits per heavy atom. The molecule has 1 aromatic carbocycles. The highest BCUT2D eigenvalue weighted by atomic mass is 32.2. The number of hydrogen-bond acceptors (Lipinski definition) is 9. The molecule has 10 heteroatoms. The smallest absolute Gasteiger partial charge is 0.263 e. The fourth-order valence-corrected chi connectivity index (χ4v) is 4.66. The van der Waals surface area contributed by atoms with E-state index < -0.39 is 0 Å². The molecule has 0 atom stereocenters. The normalized spacial score (nSPS) is 15.2. The number of aryl methyl sites for hydroxylation is 2. The van der Waals surface area contributed by atoms with Crippen molar-refractivity contribution in [1.29, 1.82) is 0 Å². The number of likely N-dealkylation sites (tertiary alicyclic amines) is 1. The van der Waals surface area contributed by atoms with Crippen LogP contribution in [0.5, 0.6) is 11.6 Å². The van der Waals surface area contributed by atoms with Gasteiger partial charge < -0.3 is 15.4 Å². The molecule has 0 bridgehead atoms. The van der Waals surface area contributed by atoms with E-state index in [0.717, 1.165) is 43.7 Å². The molecule has 1 aliphatic heterocycles. The van der Waals surface area contributed by atoms with E-state index in [0.29, 0.717) is 17.7 Å². The van der Waals surface area contributed by atoms with E-state index in [1.165, 1.54) is 16.7 Å². The average Bonchev–Trinajstić information content (AvgIpc) is 3.26. The minimum atomic E-state index is 0.255. The lowest BCUT2D eigenvalue weighted by Crippen LogP contribution is -2.31. The molecule has 3 heterocycles. The molecular weight excluding hydrogens is 448 g/mol. The molecule has 9 nitrogen and oxygen atoms in total. The monoisotopic (exact) mass is 482 g/mol. The fourth-order valence-electron chi connectivity index (χ4n) is 4.19. The molecule has 4 rings (SSSR count). The van der Waals surface area contributed by atoms with Crippen LogP contribution in [0.4, 0.5) is 5.82 Å². The quantitative estimate of drug-likeness (QED) is 0.464. The van der Waals surface area contributed by atoms with Crippen molar-refractivity contribution < 1.29 is 4.74 Å². The predicted molar refractivity (Wildman–Crippen MR) is 138 cm³/mol. The summed E-state index contributed by atoms with van der Waals surface area (Å²) >= 11 is 1.58. The molecule has 1 aliphatic rings. The lowest BCUT2D eigenvalue weighted by molar-refractivity contribution is 0.212. The van der Waals surface area contributed by atoms with Gasteiger partial charge in [0.2, 0.25) is 0 Å². The van der Waals surface area contributed by atoms with Gasteiger partial charge in [-0.25, -0.2) is 19.0 Å². The van der Waals surface area contributed by atoms with Gasteiger partial charge in [0.15, 0.2) is 11.6 Å². The minimum absolute atomic E-state index is 0.255. The number of piperidine rings is 1. The van der Waals surface area contributed by atoms with Gasteiger partial charge in [0.1, 0.15) is 0 Å². The summed E-state index contributed by atoms with van der Waals surface area (Å²) in [6.07, 6.45) is 7.48. The second-order valence-electron chi connectivity index (χ2n) is 9.05. The van der Waals surface area contributed by atoms with Crippen molar-refractivity contribution in [3.63, 3.8) is 0 Å². The number of hydrogen-bond donors (Lipinski definition) is 2. The molecule has 0 unspecified atom stereocenters. The van der Waals surface area contributed by atoms with Gasteiger partial charge in [-0.2, -0.15) is 5.10 Å². The van der Waals surface area contributed by atoms with Crippen LogP contribution < -0.4 is 15.2 Å². The Balaban J connectivity index is 1.50. The van der Waals surface area contributed by atoms with E-state index in [9.17, 15) is 0 Å². The Morgan fingerprint density at radius 3 is 2.56 bits per heavy atom. The van der Waals surface area contributed by atoms with Gasteiger partial charge in [0.05, 0.1) is 30.3 Å². The SMILES string of the molecule is Cc1cc(-c2cnc(N)c(Oc3cnn(C4CCN(C)CC4)c3)n2)cc(C)c1CNSN(C)C. The van der Waals surface area contributed by atoms with Crippen LogP contribution in [-0.4, -0.2) is 63.2 Å². The van der Waals surface area contributed by atoms with Crippen LogP contribution in [0.2, 0.25) is 0 Å². The van der Waals surface area contributed by atoms with Crippen molar-refractivity contribution in [2.75, 3.05) is 40.0 Å². The summed E-state index contributed by atoms with van der Waals surface area (Å²) in [4.78, 5) is 11.4. The lowest BCUT2D eigenvalue weighted by Gasteiger charge is -2.28. The first kappa shape index (κ1) is 24.5. The first-order valence-electron chi connectivity index (χ1n) is 11.5. The third-order valence-electron chi connectivity index (χ3n) is 6.11. The number of ether oxygens (including phenoxy) is 1. The van der Waals surface area contributed by atoms with Gasteiger partial charge in [-0.3, -0.25) is 4.68 Å². The molecule has 0 saturated carbocycles. The molecule has 0 aliphatic carbocycles. The third kappa shape index (κ3) is 5.87. The summed E-state index contributed by atoms with van der Waals surface area (Å²) < 4.78 is 13.4. The van der Waals surface area contributed by atoms with E-state index in [4.69, 9.17) is 10.5 Å². The standard InChI is InChI=1S/C24H34N8OS/c1-16-10-18(11-17(2)21(16)13-28-34-30(3)4)22-14-26-23(25)24(29-22)33-20-12-27-32(15-20)19-6-8-31(5)9-7-19/h10-12,14-15,19,28H,6-9,13H2,1-5H3,(H2,25,26). The van der Waals surface area contributed by atoms with Crippen molar-refractivity contribution in [1.82, 2.24) is 33.7 Å². The Kier molecular flexibility index (Phi) is 7.72. The van der Waals surface area contributed by atoms with Crippen LogP contribution in [0, 0.1) is 13.8 Å². The van der Waals surface area contributed by atoms with Gasteiger partial charge in [-0.15, -0.1) is 0 Å². The number of benzene rings is 1. The van der Waals surface area contributed by atoms with E-state index in [1.54, 1.807) is 24.5 Å². The van der Waals surface area contributed by atoms with Gasteiger partial charge >= 0.3 is 0 Å². The third-order valence-corrected chi connectivity index (χ3v) is 6.75. The Bertz CT molecular complexity index is 1100. The predicted octanol–water partition coefficient (Wildman–Crippen LogP) is 3.81. The Hall–Kier alpha value is -2.66. The molecule has 1 fully saturated rings. The molecule has 0 spiro atoms. The molecular formula is C24H34N8OS. The lowest BCUT2D eigenvalue weighted by atomic mass is 9.98. The molecule has 34 heavy (non-hydrogen) atoms. The number of nitrogens with one attached hydrogen (secondary N) is 1. The van der Waals surface area contributed by atoms with Crippen molar-refractivity contribution in [2.24, 2.45) is 0 Å². The van der Waals surface area contributed by atoms with Crippen LogP contribution in [-0.2, 0) is 6.54 Å². The number of aromatic nitrogens is 4. The zero-order valence-corrected chi connectivity index (χ0v) is 21.4. The maximum absolute atomic E-state index is 6.10. The topological polar surface area (TPSA) is 97.4 Å². The number of anilines is 1. The van der Waals surface area contributed by atoms with E-state index >= 15 is 0 Å². The second kappa shape index (κ2) is 10.7. The van der Waals surface area contributed by atoms with E-state index in [-0.39, 0.29) is 5.82 Å². The van der Waals surface area contributed by atoms with Crippen LogP contribution in [0.25, 0.3) is 11.3 Å². The van der Waals surface area contributed by atoms with E-state index in [1.807, 2.05) is 29.3 Å². The van der Waals surface area contributed by atoms with Crippen molar-refractivity contribution in [2.45, 2.75) is 39.3 Å². The maximum Gasteiger partial charge on any atom is 0.263 e. The fraction of sp³-hybridized carbons (Fsp3) is 0.458. The summed E-state index contributed by atoms with van der Waals surface area (Å²) in [5, 5.41) is 4.51. The summed E-state index contributed by atoms with van der Waals surface area (Å²) in [6, 6.07) is 4.65. The number of nitrogen functional groups attached to an aromatic ring is 1. The summed E-state index contributed by atoms with van der Waals surface area (Å²) in [6.45, 7) is 7.16. The zero-order chi connectivity index (χ0) is 24.2. The Labute approximate surface area is 206 Å². The number of nitrogens with two attached hydrogens (primary N) is 1. The molecule has 0 radical (unpaired) electrons. The molecule has 3 aromatic rings. The number of nitrogens with zero attached hydrogens (tertiary/aromatic N) is 6. The second-order valence-corrected chi connectivity index (χ2v) is 10.3. The zero-order valence-electron chi connectivity index (χ0n) is 20.6. The summed E-state index contributed by atoms with van der Waals surface area (Å²) in [5.74, 6) is 1.17. The molecule has 2 aromatic heterocycles. The Morgan fingerprint density at radius 1 is 1.18 bits per heavy atom. The first-order chi connectivity index (χ1) is 16.3. The summed E-state index contributed by atoms with van der Waals surface area (Å²) in [7, 11) is 6.18. The van der Waals surface area contributed by atoms with Crippen LogP contribution in [0.15, 0.2) is 30.7 Å². The van der Waals surface area contributed by atoms with E-state index in [2.05, 4.69) is 57.7 Å². The minimum Gasteiger partial charge on any atom is -0.433 e. The average molecular weight is 483 g/mol. The molecule has 3 N–H and O–H groups in total. The van der Waals surface area contributed by atoms with Crippen LogP contribution in [0.1, 0.15) is 35.6 Å². The van der Waals surface area contributed by atoms with Crippen LogP contribution in [0.3, 0.4) is 0 Å². The highest BCUT2D eigenvalue weighted by Gasteiger charge is 2.20. The maximum atomic E-state index is 6.10. The highest BCUT2D eigenvalue weighted by molar-refractivity contribution is 7.95. The van der Waals surface area contributed by atoms with Gasteiger partial charge in [-0.05, 0) is 89.7 Å². The summed E-state index contributed by atoms with van der Waals surface area (Å²) in [5.41, 5.74) is 11.5. The van der Waals surface area contributed by atoms with Gasteiger partial charge in [0.25, 0.3) is 5.88 Å². The van der Waals surface area contributed by atoms with Crippen LogP contribution >= 0.6 is 12.1 Å². The van der Waals surface area contributed by atoms with Crippen molar-refractivity contribution in [3.05, 3.63) is 47.4 Å². The van der Waals surface area contributed by atoms with Gasteiger partial charge in [-0.1, -0.05) is 0 Å². The number of rotatable bonds is 8. The molecule has 1 saturated heterocycles. The van der Waals surface area contributed by atoms with Gasteiger partial charge in [0, 0.05) is 24.2 Å². The first-order valence-corrected chi connectivity index (χ1v) is 12.3. The van der Waals surface area contributed by atoms with Crippen molar-refractivity contribution >= 4 is 18.0 Å². The van der Waals surface area contributed by atoms with Crippen molar-refractivity contribution in [3.8, 4) is 22.9 Å².